The van der Waals surface area contributed by atoms with Crippen LogP contribution < -0.4 is 4.90 Å². The van der Waals surface area contributed by atoms with E-state index in [2.05, 4.69) is 4.98 Å². The molecule has 0 aliphatic rings. The van der Waals surface area contributed by atoms with Crippen molar-refractivity contribution in [2.45, 2.75) is 12.4 Å². The van der Waals surface area contributed by atoms with Crippen molar-refractivity contribution in [3.63, 3.8) is 0 Å². The van der Waals surface area contributed by atoms with Crippen molar-refractivity contribution in [2.24, 2.45) is 0 Å². The highest BCUT2D eigenvalue weighted by molar-refractivity contribution is 7.15. The summed E-state index contributed by atoms with van der Waals surface area (Å²) in [6.07, 6.45) is 1.97. The number of fused-ring (bicyclic) bond motifs is 1. The number of rotatable bonds is 4. The highest BCUT2D eigenvalue weighted by Gasteiger charge is 2.15. The number of hydrogen-bond donors (Lipinski definition) is 0. The first kappa shape index (κ1) is 13.4. The van der Waals surface area contributed by atoms with Gasteiger partial charge in [-0.15, -0.1) is 22.9 Å². The van der Waals surface area contributed by atoms with E-state index in [0.29, 0.717) is 12.4 Å². The molecule has 0 unspecified atom stereocenters. The third-order valence-electron chi connectivity index (χ3n) is 3.16. The lowest BCUT2D eigenvalue weighted by Gasteiger charge is -2.18. The van der Waals surface area contributed by atoms with Gasteiger partial charge >= 0.3 is 0 Å². The molecule has 0 N–H and O–H groups in total. The average Bonchev–Trinajstić information content (AvgIpc) is 3.01. The molecule has 3 aromatic rings. The van der Waals surface area contributed by atoms with Crippen LogP contribution >= 0.6 is 22.9 Å². The number of halogens is 2. The molecule has 0 saturated carbocycles. The lowest BCUT2D eigenvalue weighted by molar-refractivity contribution is 0.627. The molecule has 104 valence electrons. The van der Waals surface area contributed by atoms with Gasteiger partial charge in [0, 0.05) is 25.2 Å². The molecule has 6 heteroatoms. The van der Waals surface area contributed by atoms with E-state index in [1.807, 2.05) is 27.9 Å². The summed E-state index contributed by atoms with van der Waals surface area (Å²) >= 11 is 7.63. The molecule has 0 atom stereocenters. The van der Waals surface area contributed by atoms with Crippen LogP contribution in [0.25, 0.3) is 4.96 Å². The monoisotopic (exact) mass is 309 g/mol. The van der Waals surface area contributed by atoms with Gasteiger partial charge in [-0.2, -0.15) is 0 Å². The Bertz CT molecular complexity index is 720. The van der Waals surface area contributed by atoms with Gasteiger partial charge in [0.25, 0.3) is 0 Å². The molecule has 2 heterocycles. The first-order chi connectivity index (χ1) is 9.69. The maximum Gasteiger partial charge on any atom is 0.195 e. The highest BCUT2D eigenvalue weighted by Crippen LogP contribution is 2.26. The number of benzene rings is 1. The van der Waals surface area contributed by atoms with Gasteiger partial charge in [0.05, 0.1) is 11.6 Å². The molecular formula is C14H13ClFN3S. The fourth-order valence-electron chi connectivity index (χ4n) is 2.19. The van der Waals surface area contributed by atoms with Gasteiger partial charge in [-0.25, -0.2) is 9.37 Å². The topological polar surface area (TPSA) is 20.5 Å². The Hall–Kier alpha value is -1.59. The molecule has 0 aliphatic heterocycles. The maximum absolute atomic E-state index is 12.9. The molecule has 0 radical (unpaired) electrons. The van der Waals surface area contributed by atoms with Gasteiger partial charge in [-0.05, 0) is 17.7 Å². The number of imidazole rings is 1. The second kappa shape index (κ2) is 5.42. The van der Waals surface area contributed by atoms with Crippen molar-refractivity contribution < 1.29 is 4.39 Å². The van der Waals surface area contributed by atoms with Crippen LogP contribution in [0.2, 0.25) is 0 Å². The average molecular weight is 310 g/mol. The lowest BCUT2D eigenvalue weighted by atomic mass is 10.2. The summed E-state index contributed by atoms with van der Waals surface area (Å²) in [5.74, 6) is 1.05. The summed E-state index contributed by atoms with van der Waals surface area (Å²) in [6.45, 7) is 0.662. The van der Waals surface area contributed by atoms with Crippen LogP contribution in [0.15, 0.2) is 35.8 Å². The second-order valence-corrected chi connectivity index (χ2v) is 5.69. The Kier molecular flexibility index (Phi) is 3.63. The molecule has 0 spiro atoms. The molecular weight excluding hydrogens is 297 g/mol. The van der Waals surface area contributed by atoms with Gasteiger partial charge in [-0.3, -0.25) is 4.40 Å². The predicted octanol–water partition coefficient (Wildman–Crippen LogP) is 3.91. The summed E-state index contributed by atoms with van der Waals surface area (Å²) in [5, 5.41) is 1.99. The van der Waals surface area contributed by atoms with E-state index in [-0.39, 0.29) is 5.82 Å². The lowest BCUT2D eigenvalue weighted by Crippen LogP contribution is -2.18. The molecule has 3 nitrogen and oxygen atoms in total. The number of aromatic nitrogens is 2. The summed E-state index contributed by atoms with van der Waals surface area (Å²) in [4.78, 5) is 7.57. The van der Waals surface area contributed by atoms with Crippen LogP contribution in [0.3, 0.4) is 0 Å². The molecule has 0 amide bonds. The molecule has 3 rings (SSSR count). The smallest absolute Gasteiger partial charge is 0.195 e. The number of anilines is 1. The van der Waals surface area contributed by atoms with Crippen LogP contribution in [0, 0.1) is 5.82 Å². The minimum Gasteiger partial charge on any atom is -0.354 e. The molecule has 1 aromatic carbocycles. The van der Waals surface area contributed by atoms with Crippen molar-refractivity contribution in [1.29, 1.82) is 0 Å². The van der Waals surface area contributed by atoms with Gasteiger partial charge in [0.2, 0.25) is 0 Å². The van der Waals surface area contributed by atoms with Crippen molar-refractivity contribution in [3.8, 4) is 0 Å². The fraction of sp³-hybridized carbons (Fsp3) is 0.214. The van der Waals surface area contributed by atoms with E-state index in [1.165, 1.54) is 12.1 Å². The van der Waals surface area contributed by atoms with Gasteiger partial charge in [-0.1, -0.05) is 12.1 Å². The Labute approximate surface area is 125 Å². The largest absolute Gasteiger partial charge is 0.354 e. The molecule has 0 bridgehead atoms. The normalized spacial score (nSPS) is 11.2. The quantitative estimate of drug-likeness (QED) is 0.681. The Morgan fingerprint density at radius 1 is 1.35 bits per heavy atom. The van der Waals surface area contributed by atoms with E-state index in [4.69, 9.17) is 11.6 Å². The highest BCUT2D eigenvalue weighted by atomic mass is 35.5. The second-order valence-electron chi connectivity index (χ2n) is 4.55. The Morgan fingerprint density at radius 2 is 2.10 bits per heavy atom. The molecule has 20 heavy (non-hydrogen) atoms. The molecule has 2 aromatic heterocycles. The third kappa shape index (κ3) is 2.39. The SMILES string of the molecule is CN(Cc1ccc(F)cc1)c1nc2sccn2c1CCl. The van der Waals surface area contributed by atoms with E-state index in [0.717, 1.165) is 22.0 Å². The van der Waals surface area contributed by atoms with Crippen LogP contribution in [0.5, 0.6) is 0 Å². The number of hydrogen-bond acceptors (Lipinski definition) is 3. The summed E-state index contributed by atoms with van der Waals surface area (Å²) < 4.78 is 14.9. The number of nitrogens with zero attached hydrogens (tertiary/aromatic N) is 3. The first-order valence-corrected chi connectivity index (χ1v) is 7.56. The summed E-state index contributed by atoms with van der Waals surface area (Å²) in [6, 6.07) is 6.50. The van der Waals surface area contributed by atoms with E-state index in [9.17, 15) is 4.39 Å². The predicted molar refractivity (Wildman–Crippen MR) is 81.1 cm³/mol. The minimum atomic E-state index is -0.222. The van der Waals surface area contributed by atoms with Crippen molar-refractivity contribution in [2.75, 3.05) is 11.9 Å². The third-order valence-corrected chi connectivity index (χ3v) is 4.17. The number of alkyl halides is 1. The summed E-state index contributed by atoms with van der Waals surface area (Å²) in [5.41, 5.74) is 2.01. The molecule has 0 aliphatic carbocycles. The van der Waals surface area contributed by atoms with Crippen LogP contribution in [0.4, 0.5) is 10.2 Å². The van der Waals surface area contributed by atoms with E-state index >= 15 is 0 Å². The van der Waals surface area contributed by atoms with E-state index < -0.39 is 0 Å². The van der Waals surface area contributed by atoms with Crippen molar-refractivity contribution in [1.82, 2.24) is 9.38 Å². The Balaban J connectivity index is 1.89. The zero-order chi connectivity index (χ0) is 14.1. The standard InChI is InChI=1S/C14H13ClFN3S/c1-18(9-10-2-4-11(16)5-3-10)13-12(8-15)19-6-7-20-14(19)17-13/h2-7H,8-9H2,1H3. The number of thiazole rings is 1. The van der Waals surface area contributed by atoms with Crippen LogP contribution in [0.1, 0.15) is 11.3 Å². The minimum absolute atomic E-state index is 0.222. The van der Waals surface area contributed by atoms with Gasteiger partial charge in [0.15, 0.2) is 10.8 Å². The maximum atomic E-state index is 12.9. The van der Waals surface area contributed by atoms with Crippen LogP contribution in [-0.2, 0) is 12.4 Å². The zero-order valence-electron chi connectivity index (χ0n) is 10.9. The first-order valence-electron chi connectivity index (χ1n) is 6.15. The molecule has 0 saturated heterocycles. The van der Waals surface area contributed by atoms with E-state index in [1.54, 1.807) is 23.5 Å². The van der Waals surface area contributed by atoms with Gasteiger partial charge in [0.1, 0.15) is 5.82 Å². The Morgan fingerprint density at radius 3 is 2.80 bits per heavy atom. The van der Waals surface area contributed by atoms with Crippen molar-refractivity contribution in [3.05, 3.63) is 52.9 Å². The zero-order valence-corrected chi connectivity index (χ0v) is 12.5. The fourth-order valence-corrected chi connectivity index (χ4v) is 3.17. The van der Waals surface area contributed by atoms with Crippen LogP contribution in [-0.4, -0.2) is 16.4 Å². The molecule has 0 fully saturated rings. The van der Waals surface area contributed by atoms with Crippen molar-refractivity contribution >= 4 is 33.7 Å². The van der Waals surface area contributed by atoms with Gasteiger partial charge < -0.3 is 4.90 Å². The summed E-state index contributed by atoms with van der Waals surface area (Å²) in [7, 11) is 1.96.